The summed E-state index contributed by atoms with van der Waals surface area (Å²) < 4.78 is 0. The topological polar surface area (TPSA) is 102 Å². The van der Waals surface area contributed by atoms with Crippen LogP contribution in [0.4, 0.5) is 5.82 Å². The van der Waals surface area contributed by atoms with Crippen LogP contribution in [0.1, 0.15) is 11.3 Å². The number of aliphatic imine (C=N–C) groups is 1. The molecular weight excluding hydrogens is 359 g/mol. The molecule has 0 aliphatic rings. The van der Waals surface area contributed by atoms with Gasteiger partial charge in [-0.1, -0.05) is 23.2 Å². The van der Waals surface area contributed by atoms with E-state index >= 15 is 0 Å². The zero-order valence-corrected chi connectivity index (χ0v) is 15.6. The van der Waals surface area contributed by atoms with Crippen LogP contribution in [0, 0.1) is 13.8 Å². The molecule has 8 heteroatoms. The average molecular weight is 379 g/mol. The number of aryl methyl sites for hydroxylation is 1. The monoisotopic (exact) mass is 378 g/mol. The van der Waals surface area contributed by atoms with Crippen LogP contribution < -0.4 is 16.8 Å². The molecule has 0 saturated carbocycles. The zero-order chi connectivity index (χ0) is 18.4. The van der Waals surface area contributed by atoms with Gasteiger partial charge >= 0.3 is 0 Å². The second kappa shape index (κ2) is 8.69. The largest absolute Gasteiger partial charge is 0.404 e. The molecule has 0 spiro atoms. The molecule has 1 aromatic carbocycles. The highest BCUT2D eigenvalue weighted by molar-refractivity contribution is 6.36. The van der Waals surface area contributed by atoms with Crippen molar-refractivity contribution < 1.29 is 0 Å². The van der Waals surface area contributed by atoms with Gasteiger partial charge < -0.3 is 16.8 Å². The van der Waals surface area contributed by atoms with Gasteiger partial charge in [0.1, 0.15) is 11.7 Å². The molecule has 25 heavy (non-hydrogen) atoms. The number of nitrogens with one attached hydrogen (secondary N) is 1. The maximum atomic E-state index is 6.27. The normalized spacial score (nSPS) is 11.9. The first-order valence-electron chi connectivity index (χ1n) is 7.65. The van der Waals surface area contributed by atoms with Crippen molar-refractivity contribution in [3.8, 4) is 11.4 Å². The highest BCUT2D eigenvalue weighted by Gasteiger charge is 2.12. The van der Waals surface area contributed by atoms with E-state index in [1.54, 1.807) is 18.2 Å². The minimum atomic E-state index is 0.383. The van der Waals surface area contributed by atoms with Crippen LogP contribution in [0.25, 0.3) is 11.4 Å². The SMILES string of the molecule is Cc1nc(-c2ccc(Cl)cc2Cl)nc(NCCN=C(N)C=CN)c1C. The Kier molecular flexibility index (Phi) is 6.61. The minimum absolute atomic E-state index is 0.383. The third-order valence-electron chi connectivity index (χ3n) is 3.53. The maximum Gasteiger partial charge on any atom is 0.163 e. The Labute approximate surface area is 157 Å². The van der Waals surface area contributed by atoms with Gasteiger partial charge in [-0.05, 0) is 44.3 Å². The molecule has 0 fully saturated rings. The Morgan fingerprint density at radius 2 is 2.04 bits per heavy atom. The van der Waals surface area contributed by atoms with E-state index in [1.807, 2.05) is 19.9 Å². The van der Waals surface area contributed by atoms with Crippen molar-refractivity contribution in [3.05, 3.63) is 51.8 Å². The van der Waals surface area contributed by atoms with Crippen LogP contribution in [-0.2, 0) is 0 Å². The lowest BCUT2D eigenvalue weighted by Gasteiger charge is -2.12. The predicted molar refractivity (Wildman–Crippen MR) is 105 cm³/mol. The van der Waals surface area contributed by atoms with E-state index in [1.165, 1.54) is 6.20 Å². The van der Waals surface area contributed by atoms with Crippen molar-refractivity contribution in [2.45, 2.75) is 13.8 Å². The lowest BCUT2D eigenvalue weighted by atomic mass is 10.2. The third-order valence-corrected chi connectivity index (χ3v) is 4.07. The van der Waals surface area contributed by atoms with Gasteiger partial charge in [-0.2, -0.15) is 0 Å². The number of halogens is 2. The summed E-state index contributed by atoms with van der Waals surface area (Å²) in [7, 11) is 0. The number of anilines is 1. The summed E-state index contributed by atoms with van der Waals surface area (Å²) in [6, 6.07) is 5.24. The molecule has 0 amide bonds. The van der Waals surface area contributed by atoms with E-state index < -0.39 is 0 Å². The molecule has 0 saturated heterocycles. The molecule has 0 aliphatic carbocycles. The molecule has 6 nitrogen and oxygen atoms in total. The van der Waals surface area contributed by atoms with Crippen LogP contribution in [-0.4, -0.2) is 28.9 Å². The van der Waals surface area contributed by atoms with Crippen molar-refractivity contribution in [1.29, 1.82) is 0 Å². The molecule has 0 unspecified atom stereocenters. The Hall–Kier alpha value is -2.31. The average Bonchev–Trinajstić information content (AvgIpc) is 2.55. The molecule has 2 rings (SSSR count). The molecule has 0 radical (unpaired) electrons. The lowest BCUT2D eigenvalue weighted by Crippen LogP contribution is -2.14. The highest BCUT2D eigenvalue weighted by Crippen LogP contribution is 2.29. The van der Waals surface area contributed by atoms with Gasteiger partial charge in [-0.3, -0.25) is 4.99 Å². The fourth-order valence-corrected chi connectivity index (χ4v) is 2.60. The summed E-state index contributed by atoms with van der Waals surface area (Å²) in [5.41, 5.74) is 13.5. The van der Waals surface area contributed by atoms with Crippen molar-refractivity contribution >= 4 is 34.9 Å². The fraction of sp³-hybridized carbons (Fsp3) is 0.235. The fourth-order valence-electron chi connectivity index (χ4n) is 2.10. The van der Waals surface area contributed by atoms with Gasteiger partial charge in [0.15, 0.2) is 5.82 Å². The van der Waals surface area contributed by atoms with Gasteiger partial charge in [0.25, 0.3) is 0 Å². The Balaban J connectivity index is 2.21. The number of benzene rings is 1. The summed E-state index contributed by atoms with van der Waals surface area (Å²) in [5, 5.41) is 4.33. The first kappa shape index (κ1) is 19.0. The summed E-state index contributed by atoms with van der Waals surface area (Å²) in [5.74, 6) is 1.66. The van der Waals surface area contributed by atoms with Gasteiger partial charge in [-0.15, -0.1) is 0 Å². The quantitative estimate of drug-likeness (QED) is 0.406. The molecule has 1 aromatic heterocycles. The van der Waals surface area contributed by atoms with E-state index in [0.717, 1.165) is 22.6 Å². The molecule has 132 valence electrons. The molecule has 0 atom stereocenters. The Morgan fingerprint density at radius 3 is 2.72 bits per heavy atom. The second-order valence-electron chi connectivity index (χ2n) is 5.32. The molecular formula is C17H20Cl2N6. The predicted octanol–water partition coefficient (Wildman–Crippen LogP) is 3.31. The van der Waals surface area contributed by atoms with Crippen LogP contribution in [0.5, 0.6) is 0 Å². The lowest BCUT2D eigenvalue weighted by molar-refractivity contribution is 0.986. The van der Waals surface area contributed by atoms with E-state index in [4.69, 9.17) is 34.7 Å². The number of aromatic nitrogens is 2. The molecule has 2 aromatic rings. The highest BCUT2D eigenvalue weighted by atomic mass is 35.5. The number of nitrogens with two attached hydrogens (primary N) is 2. The van der Waals surface area contributed by atoms with Gasteiger partial charge in [0, 0.05) is 28.4 Å². The minimum Gasteiger partial charge on any atom is -0.404 e. The first-order valence-corrected chi connectivity index (χ1v) is 8.40. The van der Waals surface area contributed by atoms with E-state index in [0.29, 0.717) is 34.8 Å². The molecule has 0 aliphatic heterocycles. The smallest absolute Gasteiger partial charge is 0.163 e. The van der Waals surface area contributed by atoms with Crippen molar-refractivity contribution in [3.63, 3.8) is 0 Å². The van der Waals surface area contributed by atoms with Gasteiger partial charge in [-0.25, -0.2) is 9.97 Å². The molecule has 5 N–H and O–H groups in total. The second-order valence-corrected chi connectivity index (χ2v) is 6.17. The number of amidine groups is 1. The summed E-state index contributed by atoms with van der Waals surface area (Å²) in [4.78, 5) is 13.3. The van der Waals surface area contributed by atoms with Gasteiger partial charge in [0.05, 0.1) is 11.6 Å². The standard InChI is InChI=1S/C17H20Cl2N6/c1-10-11(2)24-17(13-4-3-12(18)9-14(13)19)25-16(10)23-8-7-22-15(21)5-6-20/h3-6,9H,7-8,20H2,1-2H3,(H2,21,22)(H,23,24,25). The number of hydrogen-bond acceptors (Lipinski definition) is 5. The van der Waals surface area contributed by atoms with Crippen LogP contribution in [0.15, 0.2) is 35.5 Å². The number of nitrogens with zero attached hydrogens (tertiary/aromatic N) is 3. The van der Waals surface area contributed by atoms with Crippen molar-refractivity contribution in [2.75, 3.05) is 18.4 Å². The third kappa shape index (κ3) is 5.08. The number of hydrogen-bond donors (Lipinski definition) is 3. The summed E-state index contributed by atoms with van der Waals surface area (Å²) in [6.45, 7) is 4.96. The Bertz CT molecular complexity index is 817. The van der Waals surface area contributed by atoms with Crippen molar-refractivity contribution in [1.82, 2.24) is 9.97 Å². The summed E-state index contributed by atoms with van der Waals surface area (Å²) in [6.07, 6.45) is 2.90. The Morgan fingerprint density at radius 1 is 1.28 bits per heavy atom. The number of rotatable bonds is 6. The zero-order valence-electron chi connectivity index (χ0n) is 14.1. The van der Waals surface area contributed by atoms with Gasteiger partial charge in [0.2, 0.25) is 0 Å². The van der Waals surface area contributed by atoms with Crippen LogP contribution >= 0.6 is 23.2 Å². The van der Waals surface area contributed by atoms with Crippen LogP contribution in [0.2, 0.25) is 10.0 Å². The van der Waals surface area contributed by atoms with E-state index in [-0.39, 0.29) is 0 Å². The maximum absolute atomic E-state index is 6.27. The molecule has 0 bridgehead atoms. The first-order chi connectivity index (χ1) is 11.9. The van der Waals surface area contributed by atoms with Crippen LogP contribution in [0.3, 0.4) is 0 Å². The van der Waals surface area contributed by atoms with Crippen molar-refractivity contribution in [2.24, 2.45) is 16.5 Å². The van der Waals surface area contributed by atoms with E-state index in [2.05, 4.69) is 20.3 Å². The molecule has 1 heterocycles. The summed E-state index contributed by atoms with van der Waals surface area (Å²) >= 11 is 12.2. The van der Waals surface area contributed by atoms with E-state index in [9.17, 15) is 0 Å².